The predicted molar refractivity (Wildman–Crippen MR) is 120 cm³/mol. The van der Waals surface area contributed by atoms with Gasteiger partial charge in [0.05, 0.1) is 55.1 Å². The molecule has 4 aliphatic rings. The highest BCUT2D eigenvalue weighted by Gasteiger charge is 2.60. The molecule has 2 bridgehead atoms. The summed E-state index contributed by atoms with van der Waals surface area (Å²) in [6.07, 6.45) is 7.77. The molecule has 4 aliphatic heterocycles. The van der Waals surface area contributed by atoms with Crippen molar-refractivity contribution in [1.82, 2.24) is 4.90 Å². The Morgan fingerprint density at radius 2 is 1.55 bits per heavy atom. The van der Waals surface area contributed by atoms with Crippen LogP contribution in [0.4, 0.5) is 0 Å². The van der Waals surface area contributed by atoms with Crippen molar-refractivity contribution >= 4 is 11.8 Å². The molecule has 3 saturated heterocycles. The summed E-state index contributed by atoms with van der Waals surface area (Å²) in [6, 6.07) is 0. The van der Waals surface area contributed by atoms with Crippen LogP contribution in [-0.4, -0.2) is 79.4 Å². The first-order valence-corrected chi connectivity index (χ1v) is 12.4. The number of hydrogen-bond donors (Lipinski definition) is 0. The zero-order valence-corrected chi connectivity index (χ0v) is 20.4. The van der Waals surface area contributed by atoms with Crippen LogP contribution in [0.3, 0.4) is 0 Å². The molecular formula is C25H39NO7. The van der Waals surface area contributed by atoms with Crippen LogP contribution in [-0.2, 0) is 33.3 Å². The largest absolute Gasteiger partial charge is 0.375 e. The number of rotatable bonds is 12. The molecule has 0 radical (unpaired) electrons. The number of amides is 2. The SMILES string of the molecule is CC(C)(CCOC(C)(C)CCN1C(=O)C2C3C=CC(O3)C2C1=O)OCCOC1CCCCO1. The second-order valence-corrected chi connectivity index (χ2v) is 10.7. The maximum atomic E-state index is 12.8. The lowest BCUT2D eigenvalue weighted by Crippen LogP contribution is -2.39. The fourth-order valence-electron chi connectivity index (χ4n) is 5.02. The molecule has 0 aromatic heterocycles. The molecule has 5 unspecified atom stereocenters. The first-order valence-electron chi connectivity index (χ1n) is 12.4. The zero-order chi connectivity index (χ0) is 23.6. The number of nitrogens with zero attached hydrogens (tertiary/aromatic N) is 1. The van der Waals surface area contributed by atoms with Gasteiger partial charge in [-0.2, -0.15) is 0 Å². The molecule has 0 aliphatic carbocycles. The average Bonchev–Trinajstić information content (AvgIpc) is 3.44. The number of likely N-dealkylation sites (tertiary alicyclic amines) is 1. The third-order valence-electron chi connectivity index (χ3n) is 7.15. The van der Waals surface area contributed by atoms with Crippen molar-refractivity contribution in [2.75, 3.05) is 33.0 Å². The molecule has 4 heterocycles. The van der Waals surface area contributed by atoms with Gasteiger partial charge in [0.2, 0.25) is 11.8 Å². The van der Waals surface area contributed by atoms with Crippen LogP contribution in [0.1, 0.15) is 59.8 Å². The molecule has 4 rings (SSSR count). The van der Waals surface area contributed by atoms with Gasteiger partial charge in [0.1, 0.15) is 0 Å². The van der Waals surface area contributed by atoms with E-state index in [1.807, 2.05) is 39.8 Å². The monoisotopic (exact) mass is 465 g/mol. The summed E-state index contributed by atoms with van der Waals surface area (Å²) in [5.74, 6) is -0.896. The number of carbonyl (C=O) groups is 2. The minimum Gasteiger partial charge on any atom is -0.375 e. The fraction of sp³-hybridized carbons (Fsp3) is 0.840. The van der Waals surface area contributed by atoms with E-state index in [1.165, 1.54) is 4.90 Å². The molecule has 8 heteroatoms. The minimum absolute atomic E-state index is 0.0949. The summed E-state index contributed by atoms with van der Waals surface area (Å²) < 4.78 is 29.1. The van der Waals surface area contributed by atoms with E-state index < -0.39 is 5.60 Å². The topological polar surface area (TPSA) is 83.5 Å². The quantitative estimate of drug-likeness (QED) is 0.249. The Balaban J connectivity index is 1.13. The Labute approximate surface area is 196 Å². The lowest BCUT2D eigenvalue weighted by Gasteiger charge is -2.31. The van der Waals surface area contributed by atoms with Gasteiger partial charge in [-0.05, 0) is 59.8 Å². The Morgan fingerprint density at radius 3 is 2.18 bits per heavy atom. The summed E-state index contributed by atoms with van der Waals surface area (Å²) in [6.45, 7) is 10.8. The van der Waals surface area contributed by atoms with Gasteiger partial charge in [0.25, 0.3) is 0 Å². The van der Waals surface area contributed by atoms with Gasteiger partial charge in [-0.15, -0.1) is 0 Å². The van der Waals surface area contributed by atoms with Crippen molar-refractivity contribution in [1.29, 1.82) is 0 Å². The maximum Gasteiger partial charge on any atom is 0.236 e. The number of carbonyl (C=O) groups excluding carboxylic acids is 2. The normalized spacial score (nSPS) is 31.6. The van der Waals surface area contributed by atoms with E-state index in [0.717, 1.165) is 32.3 Å². The summed E-state index contributed by atoms with van der Waals surface area (Å²) in [7, 11) is 0. The van der Waals surface area contributed by atoms with Crippen LogP contribution in [0.25, 0.3) is 0 Å². The second kappa shape index (κ2) is 10.1. The molecule has 3 fully saturated rings. The first kappa shape index (κ1) is 24.8. The van der Waals surface area contributed by atoms with Crippen LogP contribution < -0.4 is 0 Å². The van der Waals surface area contributed by atoms with E-state index in [4.69, 9.17) is 23.7 Å². The number of hydrogen-bond acceptors (Lipinski definition) is 7. The molecule has 8 nitrogen and oxygen atoms in total. The zero-order valence-electron chi connectivity index (χ0n) is 20.4. The van der Waals surface area contributed by atoms with Gasteiger partial charge in [0, 0.05) is 13.2 Å². The van der Waals surface area contributed by atoms with Gasteiger partial charge in [-0.25, -0.2) is 0 Å². The predicted octanol–water partition coefficient (Wildman–Crippen LogP) is 2.84. The lowest BCUT2D eigenvalue weighted by atomic mass is 9.85. The van der Waals surface area contributed by atoms with Crippen molar-refractivity contribution in [3.63, 3.8) is 0 Å². The molecule has 2 amide bonds. The third kappa shape index (κ3) is 5.85. The van der Waals surface area contributed by atoms with Crippen molar-refractivity contribution < 1.29 is 33.3 Å². The summed E-state index contributed by atoms with van der Waals surface area (Å²) >= 11 is 0. The van der Waals surface area contributed by atoms with Gasteiger partial charge >= 0.3 is 0 Å². The Hall–Kier alpha value is -1.32. The molecule has 5 atom stereocenters. The molecule has 0 spiro atoms. The van der Waals surface area contributed by atoms with Crippen LogP contribution >= 0.6 is 0 Å². The van der Waals surface area contributed by atoms with Crippen LogP contribution in [0, 0.1) is 11.8 Å². The van der Waals surface area contributed by atoms with Crippen LogP contribution in [0.15, 0.2) is 12.2 Å². The Morgan fingerprint density at radius 1 is 0.909 bits per heavy atom. The van der Waals surface area contributed by atoms with Gasteiger partial charge < -0.3 is 23.7 Å². The van der Waals surface area contributed by atoms with Gasteiger partial charge in [-0.3, -0.25) is 14.5 Å². The van der Waals surface area contributed by atoms with E-state index in [9.17, 15) is 9.59 Å². The average molecular weight is 466 g/mol. The summed E-state index contributed by atoms with van der Waals surface area (Å²) in [5, 5.41) is 0. The lowest BCUT2D eigenvalue weighted by molar-refractivity contribution is -0.176. The summed E-state index contributed by atoms with van der Waals surface area (Å²) in [5.41, 5.74) is -0.791. The highest BCUT2D eigenvalue weighted by molar-refractivity contribution is 6.06. The molecule has 0 aromatic carbocycles. The Kier molecular flexibility index (Phi) is 7.60. The highest BCUT2D eigenvalue weighted by Crippen LogP contribution is 2.45. The van der Waals surface area contributed by atoms with E-state index in [1.54, 1.807) is 0 Å². The van der Waals surface area contributed by atoms with Gasteiger partial charge in [-0.1, -0.05) is 12.2 Å². The van der Waals surface area contributed by atoms with Crippen LogP contribution in [0.5, 0.6) is 0 Å². The highest BCUT2D eigenvalue weighted by atomic mass is 16.7. The molecule has 33 heavy (non-hydrogen) atoms. The van der Waals surface area contributed by atoms with Crippen LogP contribution in [0.2, 0.25) is 0 Å². The molecule has 0 aromatic rings. The van der Waals surface area contributed by atoms with Crippen molar-refractivity contribution in [3.8, 4) is 0 Å². The molecule has 0 saturated carbocycles. The number of imide groups is 1. The van der Waals surface area contributed by atoms with Gasteiger partial charge in [0.15, 0.2) is 6.29 Å². The van der Waals surface area contributed by atoms with Crippen molar-refractivity contribution in [3.05, 3.63) is 12.2 Å². The van der Waals surface area contributed by atoms with E-state index >= 15 is 0 Å². The Bertz CT molecular complexity index is 713. The molecule has 0 N–H and O–H groups in total. The minimum atomic E-state index is -0.455. The van der Waals surface area contributed by atoms with Crippen molar-refractivity contribution in [2.24, 2.45) is 11.8 Å². The molecular weight excluding hydrogens is 426 g/mol. The first-order chi connectivity index (χ1) is 15.7. The van der Waals surface area contributed by atoms with Crippen molar-refractivity contribution in [2.45, 2.75) is 89.5 Å². The van der Waals surface area contributed by atoms with E-state index in [0.29, 0.717) is 32.8 Å². The fourth-order valence-corrected chi connectivity index (χ4v) is 5.02. The number of fused-ring (bicyclic) bond motifs is 5. The second-order valence-electron chi connectivity index (χ2n) is 10.7. The van der Waals surface area contributed by atoms with E-state index in [2.05, 4.69) is 0 Å². The third-order valence-corrected chi connectivity index (χ3v) is 7.15. The number of ether oxygens (including phenoxy) is 5. The standard InChI is InChI=1S/C25H39NO7/c1-24(2,10-12-26-22(27)20-17-8-9-18(33-17)21(20)23(26)28)31-14-11-25(3,4)32-16-15-30-19-7-5-6-13-29-19/h8-9,17-21H,5-7,10-16H2,1-4H3. The van der Waals surface area contributed by atoms with E-state index in [-0.39, 0.29) is 47.7 Å². The smallest absolute Gasteiger partial charge is 0.236 e. The molecule has 186 valence electrons. The maximum absolute atomic E-state index is 12.8. The summed E-state index contributed by atoms with van der Waals surface area (Å²) in [4.78, 5) is 27.0.